The van der Waals surface area contributed by atoms with E-state index < -0.39 is 17.5 Å². The average Bonchev–Trinajstić information content (AvgIpc) is 3.32. The van der Waals surface area contributed by atoms with Crippen LogP contribution in [0.5, 0.6) is 0 Å². The Bertz CT molecular complexity index is 1500. The molecule has 2 aromatic carbocycles. The molecule has 0 aliphatic rings. The number of aromatic nitrogens is 2. The first kappa shape index (κ1) is 28.6. The number of carbonyl (C=O) groups is 1. The molecule has 1 N–H and O–H groups in total. The fourth-order valence-corrected chi connectivity index (χ4v) is 5.75. The number of amides is 1. The normalized spacial score (nSPS) is 11.5. The summed E-state index contributed by atoms with van der Waals surface area (Å²) in [6.07, 6.45) is 1.57. The minimum absolute atomic E-state index is 0.0106. The summed E-state index contributed by atoms with van der Waals surface area (Å²) >= 11 is 2.26. The van der Waals surface area contributed by atoms with Crippen LogP contribution in [0, 0.1) is 17.5 Å². The molecule has 2 aromatic heterocycles. The number of methoxy groups -OCH3 is 1. The molecule has 4 rings (SSSR count). The second-order valence-corrected chi connectivity index (χ2v) is 11.7. The zero-order valence-corrected chi connectivity index (χ0v) is 23.6. The Hall–Kier alpha value is -3.41. The number of rotatable bonds is 8. The van der Waals surface area contributed by atoms with Crippen molar-refractivity contribution >= 4 is 40.7 Å². The predicted octanol–water partition coefficient (Wildman–Crippen LogP) is 7.66. The van der Waals surface area contributed by atoms with E-state index in [2.05, 4.69) is 10.3 Å². The Balaban J connectivity index is 1.84. The van der Waals surface area contributed by atoms with Gasteiger partial charge in [-0.15, -0.1) is 11.3 Å². The number of thiazole rings is 1. The van der Waals surface area contributed by atoms with E-state index in [0.717, 1.165) is 35.2 Å². The van der Waals surface area contributed by atoms with Crippen molar-refractivity contribution in [1.29, 1.82) is 0 Å². The number of ether oxygens (including phenoxy) is 1. The Morgan fingerprint density at radius 1 is 1.13 bits per heavy atom. The molecular weight excluding hydrogens is 545 g/mol. The lowest BCUT2D eigenvalue weighted by Gasteiger charge is -2.24. The highest BCUT2D eigenvalue weighted by molar-refractivity contribution is 8.00. The van der Waals surface area contributed by atoms with Gasteiger partial charge in [0.05, 0.1) is 26.2 Å². The van der Waals surface area contributed by atoms with Crippen LogP contribution in [0.2, 0.25) is 0 Å². The topological polar surface area (TPSA) is 67.3 Å². The molecule has 0 atom stereocenters. The van der Waals surface area contributed by atoms with E-state index in [4.69, 9.17) is 9.72 Å². The van der Waals surface area contributed by atoms with Gasteiger partial charge >= 0.3 is 0 Å². The third-order valence-electron chi connectivity index (χ3n) is 5.45. The molecule has 0 fully saturated rings. The fraction of sp³-hybridized carbons (Fsp3) is 0.250. The Morgan fingerprint density at radius 3 is 2.59 bits per heavy atom. The van der Waals surface area contributed by atoms with Gasteiger partial charge in [0.15, 0.2) is 5.82 Å². The van der Waals surface area contributed by atoms with Crippen molar-refractivity contribution < 1.29 is 22.7 Å². The number of halogens is 3. The molecule has 11 heteroatoms. The summed E-state index contributed by atoms with van der Waals surface area (Å²) in [6, 6.07) is 11.4. The van der Waals surface area contributed by atoms with Gasteiger partial charge in [-0.3, -0.25) is 9.10 Å². The van der Waals surface area contributed by atoms with Gasteiger partial charge in [0, 0.05) is 31.2 Å². The second kappa shape index (κ2) is 11.8. The maximum atomic E-state index is 16.3. The molecule has 4 aromatic rings. The molecule has 2 heterocycles. The average molecular weight is 573 g/mol. The van der Waals surface area contributed by atoms with E-state index >= 15 is 4.39 Å². The molecule has 0 bridgehead atoms. The smallest absolute Gasteiger partial charge is 0.222 e. The van der Waals surface area contributed by atoms with Gasteiger partial charge in [-0.2, -0.15) is 0 Å². The minimum Gasteiger partial charge on any atom is -0.363 e. The van der Waals surface area contributed by atoms with Crippen molar-refractivity contribution in [1.82, 2.24) is 9.97 Å². The van der Waals surface area contributed by atoms with Crippen LogP contribution in [0.25, 0.3) is 21.7 Å². The molecule has 0 aliphatic heterocycles. The maximum Gasteiger partial charge on any atom is 0.222 e. The number of anilines is 2. The van der Waals surface area contributed by atoms with Gasteiger partial charge < -0.3 is 10.1 Å². The summed E-state index contributed by atoms with van der Waals surface area (Å²) < 4.78 is 51.2. The number of hydrogen-bond acceptors (Lipinski definition) is 7. The number of benzene rings is 2. The predicted molar refractivity (Wildman–Crippen MR) is 150 cm³/mol. The number of carbonyl (C=O) groups excluding carboxylic acids is 1. The summed E-state index contributed by atoms with van der Waals surface area (Å²) in [5, 5.41) is 3.46. The third kappa shape index (κ3) is 6.60. The first-order valence-corrected chi connectivity index (χ1v) is 13.5. The van der Waals surface area contributed by atoms with Gasteiger partial charge in [-0.05, 0) is 60.0 Å². The van der Waals surface area contributed by atoms with Gasteiger partial charge in [0.25, 0.3) is 0 Å². The first-order chi connectivity index (χ1) is 18.5. The molecule has 0 radical (unpaired) electrons. The molecule has 0 saturated heterocycles. The summed E-state index contributed by atoms with van der Waals surface area (Å²) in [5.74, 6) is -1.73. The molecule has 0 saturated carbocycles. The lowest BCUT2D eigenvalue weighted by molar-refractivity contribution is -0.114. The van der Waals surface area contributed by atoms with Crippen molar-refractivity contribution in [2.24, 2.45) is 0 Å². The van der Waals surface area contributed by atoms with Crippen LogP contribution in [-0.2, 0) is 14.9 Å². The zero-order valence-electron chi connectivity index (χ0n) is 22.0. The van der Waals surface area contributed by atoms with E-state index in [1.165, 1.54) is 29.7 Å². The second-order valence-electron chi connectivity index (χ2n) is 9.66. The number of hydrogen-bond donors (Lipinski definition) is 1. The Kier molecular flexibility index (Phi) is 8.63. The van der Waals surface area contributed by atoms with Crippen LogP contribution in [-0.4, -0.2) is 29.7 Å². The lowest BCUT2D eigenvalue weighted by Crippen LogP contribution is -2.19. The number of nitrogens with one attached hydrogen (secondary N) is 1. The van der Waals surface area contributed by atoms with Crippen LogP contribution in [0.4, 0.5) is 24.7 Å². The molecule has 39 heavy (non-hydrogen) atoms. The van der Waals surface area contributed by atoms with E-state index in [1.807, 2.05) is 20.8 Å². The Morgan fingerprint density at radius 2 is 1.90 bits per heavy atom. The van der Waals surface area contributed by atoms with Crippen LogP contribution in [0.1, 0.15) is 32.7 Å². The summed E-state index contributed by atoms with van der Waals surface area (Å²) in [4.78, 5) is 21.3. The molecule has 0 unspecified atom stereocenters. The summed E-state index contributed by atoms with van der Waals surface area (Å²) in [7, 11) is 1.43. The van der Waals surface area contributed by atoms with E-state index in [1.54, 1.807) is 36.5 Å². The van der Waals surface area contributed by atoms with Crippen molar-refractivity contribution in [2.45, 2.75) is 38.0 Å². The first-order valence-electron chi connectivity index (χ1n) is 11.9. The lowest BCUT2D eigenvalue weighted by atomic mass is 9.98. The summed E-state index contributed by atoms with van der Waals surface area (Å²) in [5.41, 5.74) is 1.17. The number of nitrogens with zero attached hydrogens (tertiary/aromatic N) is 3. The SMILES string of the molecule is COCN(Sc1cc(F)ccc1F)c1cccc(-c2nc(C(C)(C)C)sc2-c2ccnc(NC(C)=O)c2)c1F. The fourth-order valence-electron chi connectivity index (χ4n) is 3.66. The third-order valence-corrected chi connectivity index (χ3v) is 8.01. The van der Waals surface area contributed by atoms with E-state index in [-0.39, 0.29) is 34.2 Å². The maximum absolute atomic E-state index is 16.3. The van der Waals surface area contributed by atoms with Crippen molar-refractivity contribution in [2.75, 3.05) is 23.5 Å². The highest BCUT2D eigenvalue weighted by Gasteiger charge is 2.27. The van der Waals surface area contributed by atoms with Crippen LogP contribution >= 0.6 is 23.3 Å². The molecule has 0 spiro atoms. The van der Waals surface area contributed by atoms with Gasteiger partial charge in [0.1, 0.15) is 24.2 Å². The number of pyridine rings is 1. The van der Waals surface area contributed by atoms with E-state index in [9.17, 15) is 13.6 Å². The zero-order chi connectivity index (χ0) is 28.3. The quantitative estimate of drug-likeness (QED) is 0.173. The van der Waals surface area contributed by atoms with E-state index in [0.29, 0.717) is 22.0 Å². The molecular formula is C28H27F3N4O2S2. The van der Waals surface area contributed by atoms with Crippen molar-refractivity contribution in [3.63, 3.8) is 0 Å². The Labute approximate surface area is 233 Å². The van der Waals surface area contributed by atoms with Crippen molar-refractivity contribution in [3.05, 3.63) is 77.2 Å². The largest absolute Gasteiger partial charge is 0.363 e. The van der Waals surface area contributed by atoms with Crippen LogP contribution in [0.15, 0.2) is 59.6 Å². The molecule has 204 valence electrons. The minimum atomic E-state index is -0.636. The molecule has 6 nitrogen and oxygen atoms in total. The van der Waals surface area contributed by atoms with Crippen molar-refractivity contribution in [3.8, 4) is 21.7 Å². The van der Waals surface area contributed by atoms with Gasteiger partial charge in [-0.1, -0.05) is 26.8 Å². The van der Waals surface area contributed by atoms with Crippen LogP contribution in [0.3, 0.4) is 0 Å². The highest BCUT2D eigenvalue weighted by Crippen LogP contribution is 2.44. The highest BCUT2D eigenvalue weighted by atomic mass is 32.2. The van der Waals surface area contributed by atoms with Gasteiger partial charge in [-0.25, -0.2) is 23.1 Å². The van der Waals surface area contributed by atoms with Gasteiger partial charge in [0.2, 0.25) is 5.91 Å². The molecule has 1 amide bonds. The standard InChI is InChI=1S/C28H27F3N4O2S2/c1-16(36)33-23-13-17(11-12-32-23)26-25(34-27(38-26)28(2,3)4)19-7-6-8-21(24(19)31)35(15-37-5)39-22-14-18(29)9-10-20(22)30/h6-14H,15H2,1-5H3,(H,32,33,36). The van der Waals surface area contributed by atoms with Crippen LogP contribution < -0.4 is 9.62 Å². The monoisotopic (exact) mass is 572 g/mol. The summed E-state index contributed by atoms with van der Waals surface area (Å²) in [6.45, 7) is 7.36. The molecule has 0 aliphatic carbocycles.